The molecule has 0 saturated heterocycles. The van der Waals surface area contributed by atoms with E-state index in [9.17, 15) is 9.59 Å². The Bertz CT molecular complexity index is 1520. The minimum absolute atomic E-state index is 0.0178. The van der Waals surface area contributed by atoms with Gasteiger partial charge in [0.2, 0.25) is 0 Å². The molecule has 0 saturated carbocycles. The van der Waals surface area contributed by atoms with E-state index in [4.69, 9.17) is 4.74 Å². The lowest BCUT2D eigenvalue weighted by Crippen LogP contribution is -2.21. The van der Waals surface area contributed by atoms with Crippen LogP contribution in [0.2, 0.25) is 0 Å². The van der Waals surface area contributed by atoms with Gasteiger partial charge in [-0.2, -0.15) is 0 Å². The molecule has 1 aromatic heterocycles. The molecule has 0 fully saturated rings. The van der Waals surface area contributed by atoms with Gasteiger partial charge in [0.05, 0.1) is 12.3 Å². The second-order valence-corrected chi connectivity index (χ2v) is 10.7. The van der Waals surface area contributed by atoms with Crippen LogP contribution in [0.1, 0.15) is 47.8 Å². The molecular formula is C32H36N4O3. The van der Waals surface area contributed by atoms with Crippen LogP contribution >= 0.6 is 0 Å². The summed E-state index contributed by atoms with van der Waals surface area (Å²) in [6.07, 6.45) is 2.53. The standard InChI is InChI=1S/C32H36N4O3/c1-21-26(8-7-9-27(21)35-30(37)23-12-14-24(15-13-23)32(2,3)4)28-20-36(5)31(38)29(34-28)33-25-16-10-22(11-17-25)18-19-39-6/h7-17,20H,18-19H2,1-6H3,(H,33,34)(H,35,37). The molecule has 0 bridgehead atoms. The molecule has 202 valence electrons. The van der Waals surface area contributed by atoms with Crippen LogP contribution in [0, 0.1) is 6.92 Å². The van der Waals surface area contributed by atoms with Crippen molar-refractivity contribution in [2.75, 3.05) is 24.4 Å². The van der Waals surface area contributed by atoms with Crippen molar-refractivity contribution >= 4 is 23.1 Å². The Hall–Kier alpha value is -4.23. The van der Waals surface area contributed by atoms with E-state index in [0.29, 0.717) is 23.6 Å². The molecule has 0 aliphatic heterocycles. The van der Waals surface area contributed by atoms with Crippen LogP contribution in [0.25, 0.3) is 11.3 Å². The van der Waals surface area contributed by atoms with Gasteiger partial charge in [-0.15, -0.1) is 0 Å². The highest BCUT2D eigenvalue weighted by Crippen LogP contribution is 2.29. The fourth-order valence-corrected chi connectivity index (χ4v) is 4.29. The average Bonchev–Trinajstić information content (AvgIpc) is 2.91. The predicted octanol–water partition coefficient (Wildman–Crippen LogP) is 6.24. The van der Waals surface area contributed by atoms with E-state index in [1.165, 1.54) is 10.1 Å². The van der Waals surface area contributed by atoms with Crippen LogP contribution < -0.4 is 16.2 Å². The third-order valence-electron chi connectivity index (χ3n) is 6.75. The summed E-state index contributed by atoms with van der Waals surface area (Å²) < 4.78 is 6.65. The zero-order valence-electron chi connectivity index (χ0n) is 23.5. The van der Waals surface area contributed by atoms with Crippen LogP contribution in [0.3, 0.4) is 0 Å². The fraction of sp³-hybridized carbons (Fsp3) is 0.281. The molecule has 0 radical (unpaired) electrons. The first-order valence-corrected chi connectivity index (χ1v) is 13.0. The molecule has 0 aliphatic rings. The number of carbonyl (C=O) groups is 1. The molecule has 0 aliphatic carbocycles. The molecule has 4 aromatic rings. The van der Waals surface area contributed by atoms with Crippen molar-refractivity contribution in [1.29, 1.82) is 0 Å². The molecule has 2 N–H and O–H groups in total. The van der Waals surface area contributed by atoms with E-state index in [1.807, 2.05) is 73.7 Å². The Kier molecular flexibility index (Phi) is 8.31. The minimum atomic E-state index is -0.233. The number of hydrogen-bond acceptors (Lipinski definition) is 5. The van der Waals surface area contributed by atoms with Gasteiger partial charge in [-0.25, -0.2) is 4.98 Å². The molecule has 0 spiro atoms. The van der Waals surface area contributed by atoms with Crippen molar-refractivity contribution in [2.24, 2.45) is 7.05 Å². The maximum atomic E-state index is 13.0. The van der Waals surface area contributed by atoms with Crippen molar-refractivity contribution < 1.29 is 9.53 Å². The van der Waals surface area contributed by atoms with Gasteiger partial charge in [-0.3, -0.25) is 9.59 Å². The molecule has 3 aromatic carbocycles. The topological polar surface area (TPSA) is 85.2 Å². The molecule has 4 rings (SSSR count). The first-order chi connectivity index (χ1) is 18.6. The van der Waals surface area contributed by atoms with Gasteiger partial charge in [0.15, 0.2) is 5.82 Å². The van der Waals surface area contributed by atoms with E-state index >= 15 is 0 Å². The zero-order chi connectivity index (χ0) is 28.2. The number of carbonyl (C=O) groups excluding carboxylic acids is 1. The highest BCUT2D eigenvalue weighted by atomic mass is 16.5. The van der Waals surface area contributed by atoms with Crippen LogP contribution in [0.4, 0.5) is 17.2 Å². The lowest BCUT2D eigenvalue weighted by Gasteiger charge is -2.19. The lowest BCUT2D eigenvalue weighted by atomic mass is 9.86. The Morgan fingerprint density at radius 1 is 1.00 bits per heavy atom. The van der Waals surface area contributed by atoms with Crippen LogP contribution in [-0.4, -0.2) is 29.2 Å². The van der Waals surface area contributed by atoms with Crippen LogP contribution in [0.15, 0.2) is 77.7 Å². The van der Waals surface area contributed by atoms with E-state index in [1.54, 1.807) is 20.4 Å². The number of aromatic nitrogens is 2. The molecule has 7 heteroatoms. The highest BCUT2D eigenvalue weighted by Gasteiger charge is 2.16. The van der Waals surface area contributed by atoms with E-state index in [2.05, 4.69) is 36.4 Å². The Morgan fingerprint density at radius 2 is 1.69 bits per heavy atom. The number of nitrogens with zero attached hydrogens (tertiary/aromatic N) is 2. The summed E-state index contributed by atoms with van der Waals surface area (Å²) in [5.41, 5.74) is 6.46. The molecule has 39 heavy (non-hydrogen) atoms. The van der Waals surface area contributed by atoms with E-state index in [0.717, 1.165) is 28.8 Å². The first kappa shape index (κ1) is 27.8. The molecule has 1 heterocycles. The Balaban J connectivity index is 1.58. The maximum absolute atomic E-state index is 13.0. The average molecular weight is 525 g/mol. The van der Waals surface area contributed by atoms with Gasteiger partial charge in [-0.05, 0) is 65.8 Å². The summed E-state index contributed by atoms with van der Waals surface area (Å²) in [7, 11) is 3.38. The number of anilines is 3. The second-order valence-electron chi connectivity index (χ2n) is 10.7. The monoisotopic (exact) mass is 524 g/mol. The SMILES string of the molecule is COCCc1ccc(Nc2nc(-c3cccc(NC(=O)c4ccc(C(C)(C)C)cc4)c3C)cn(C)c2=O)cc1. The molecule has 0 atom stereocenters. The summed E-state index contributed by atoms with van der Waals surface area (Å²) in [5, 5.41) is 6.20. The van der Waals surface area contributed by atoms with Crippen molar-refractivity contribution in [1.82, 2.24) is 9.55 Å². The number of hydrogen-bond donors (Lipinski definition) is 2. The number of aryl methyl sites for hydroxylation is 1. The Morgan fingerprint density at radius 3 is 2.33 bits per heavy atom. The number of ether oxygens (including phenoxy) is 1. The first-order valence-electron chi connectivity index (χ1n) is 13.0. The fourth-order valence-electron chi connectivity index (χ4n) is 4.29. The number of methoxy groups -OCH3 is 1. The second kappa shape index (κ2) is 11.7. The van der Waals surface area contributed by atoms with Crippen molar-refractivity contribution in [3.63, 3.8) is 0 Å². The maximum Gasteiger partial charge on any atom is 0.293 e. The van der Waals surface area contributed by atoms with Crippen molar-refractivity contribution in [3.05, 3.63) is 106 Å². The lowest BCUT2D eigenvalue weighted by molar-refractivity contribution is 0.102. The van der Waals surface area contributed by atoms with Crippen LogP contribution in [-0.2, 0) is 23.6 Å². The van der Waals surface area contributed by atoms with Gasteiger partial charge in [0.1, 0.15) is 0 Å². The van der Waals surface area contributed by atoms with Gasteiger partial charge < -0.3 is 19.9 Å². The number of rotatable bonds is 8. The van der Waals surface area contributed by atoms with Crippen molar-refractivity contribution in [2.45, 2.75) is 39.5 Å². The largest absolute Gasteiger partial charge is 0.384 e. The van der Waals surface area contributed by atoms with Gasteiger partial charge >= 0.3 is 0 Å². The van der Waals surface area contributed by atoms with Gasteiger partial charge in [0, 0.05) is 42.9 Å². The number of nitrogens with one attached hydrogen (secondary N) is 2. The molecular weight excluding hydrogens is 488 g/mol. The van der Waals surface area contributed by atoms with Crippen molar-refractivity contribution in [3.8, 4) is 11.3 Å². The summed E-state index contributed by atoms with van der Waals surface area (Å²) in [6, 6.07) is 21.2. The third-order valence-corrected chi connectivity index (χ3v) is 6.75. The quantitative estimate of drug-likeness (QED) is 0.285. The minimum Gasteiger partial charge on any atom is -0.384 e. The molecule has 0 unspecified atom stereocenters. The molecule has 1 amide bonds. The number of amides is 1. The summed E-state index contributed by atoms with van der Waals surface area (Å²) >= 11 is 0. The highest BCUT2D eigenvalue weighted by molar-refractivity contribution is 6.05. The summed E-state index contributed by atoms with van der Waals surface area (Å²) in [5.74, 6) is 0.0489. The normalized spacial score (nSPS) is 11.3. The predicted molar refractivity (Wildman–Crippen MR) is 158 cm³/mol. The zero-order valence-corrected chi connectivity index (χ0v) is 23.5. The number of benzene rings is 3. The van der Waals surface area contributed by atoms with Gasteiger partial charge in [0.25, 0.3) is 11.5 Å². The third kappa shape index (κ3) is 6.62. The van der Waals surface area contributed by atoms with E-state index < -0.39 is 0 Å². The van der Waals surface area contributed by atoms with Crippen LogP contribution in [0.5, 0.6) is 0 Å². The van der Waals surface area contributed by atoms with E-state index in [-0.39, 0.29) is 22.7 Å². The Labute approximate surface area is 229 Å². The smallest absolute Gasteiger partial charge is 0.293 e. The summed E-state index contributed by atoms with van der Waals surface area (Å²) in [6.45, 7) is 9.02. The molecule has 7 nitrogen and oxygen atoms in total. The van der Waals surface area contributed by atoms with Gasteiger partial charge in [-0.1, -0.05) is 57.2 Å². The summed E-state index contributed by atoms with van der Waals surface area (Å²) in [4.78, 5) is 30.6.